The number of nitrogens with one attached hydrogen (secondary N) is 5. The Morgan fingerprint density at radius 3 is 2.79 bits per heavy atom. The number of rotatable bonds is 10. The second-order valence-electron chi connectivity index (χ2n) is 8.10. The quantitative estimate of drug-likeness (QED) is 0.244. The molecule has 3 rings (SSSR count). The van der Waals surface area contributed by atoms with Crippen LogP contribution in [0.5, 0.6) is 0 Å². The van der Waals surface area contributed by atoms with Gasteiger partial charge in [-0.3, -0.25) is 4.98 Å². The van der Waals surface area contributed by atoms with E-state index in [-0.39, 0.29) is 11.8 Å². The van der Waals surface area contributed by atoms with Gasteiger partial charge in [0, 0.05) is 48.5 Å². The molecule has 1 atom stereocenters. The van der Waals surface area contributed by atoms with Crippen molar-refractivity contribution in [1.82, 2.24) is 20.9 Å². The van der Waals surface area contributed by atoms with Gasteiger partial charge in [-0.2, -0.15) is 0 Å². The number of allylic oxidation sites excluding steroid dienone is 4. The van der Waals surface area contributed by atoms with Crippen LogP contribution in [0, 0.1) is 22.7 Å². The molecule has 0 aromatic carbocycles. The Labute approximate surface area is 195 Å². The van der Waals surface area contributed by atoms with Crippen molar-refractivity contribution in [3.8, 4) is 0 Å². The summed E-state index contributed by atoms with van der Waals surface area (Å²) >= 11 is 0. The third-order valence-electron chi connectivity index (χ3n) is 5.39. The molecule has 8 heteroatoms. The second kappa shape index (κ2) is 11.2. The number of amidine groups is 1. The van der Waals surface area contributed by atoms with Crippen LogP contribution in [0.1, 0.15) is 26.3 Å². The molecule has 0 fully saturated rings. The molecule has 8 nitrogen and oxygen atoms in total. The molecule has 1 aromatic heterocycles. The van der Waals surface area contributed by atoms with Crippen LogP contribution < -0.4 is 21.7 Å². The minimum Gasteiger partial charge on any atom is -0.384 e. The van der Waals surface area contributed by atoms with Gasteiger partial charge < -0.3 is 32.5 Å². The maximum absolute atomic E-state index is 8.80. The smallest absolute Gasteiger partial charge is 0.132 e. The van der Waals surface area contributed by atoms with Crippen molar-refractivity contribution in [3.05, 3.63) is 89.0 Å². The van der Waals surface area contributed by atoms with Crippen molar-refractivity contribution in [3.63, 3.8) is 0 Å². The molecule has 33 heavy (non-hydrogen) atoms. The van der Waals surface area contributed by atoms with E-state index in [1.54, 1.807) is 18.5 Å². The first-order valence-electron chi connectivity index (χ1n) is 11.1. The Bertz CT molecular complexity index is 1070. The molecular weight excluding hydrogens is 412 g/mol. The van der Waals surface area contributed by atoms with Crippen molar-refractivity contribution >= 4 is 17.8 Å². The largest absolute Gasteiger partial charge is 0.384 e. The van der Waals surface area contributed by atoms with Crippen LogP contribution in [0.15, 0.2) is 88.4 Å². The van der Waals surface area contributed by atoms with Gasteiger partial charge in [0.2, 0.25) is 0 Å². The maximum Gasteiger partial charge on any atom is 0.132 e. The molecule has 0 saturated carbocycles. The summed E-state index contributed by atoms with van der Waals surface area (Å²) in [6.45, 7) is 7.53. The van der Waals surface area contributed by atoms with Crippen LogP contribution in [-0.4, -0.2) is 35.8 Å². The molecule has 7 N–H and O–H groups in total. The van der Waals surface area contributed by atoms with Crippen LogP contribution in [0.3, 0.4) is 0 Å². The highest BCUT2D eigenvalue weighted by Gasteiger charge is 2.24. The zero-order valence-electron chi connectivity index (χ0n) is 19.3. The van der Waals surface area contributed by atoms with Crippen LogP contribution in [-0.2, 0) is 0 Å². The molecule has 0 bridgehead atoms. The zero-order valence-corrected chi connectivity index (χ0v) is 19.3. The molecule has 1 aromatic rings. The average Bonchev–Trinajstić information content (AvgIpc) is 2.82. The summed E-state index contributed by atoms with van der Waals surface area (Å²) < 4.78 is 0. The van der Waals surface area contributed by atoms with Gasteiger partial charge >= 0.3 is 0 Å². The van der Waals surface area contributed by atoms with Crippen molar-refractivity contribution in [2.75, 3.05) is 13.1 Å². The molecule has 0 radical (unpaired) electrons. The Balaban J connectivity index is 1.83. The molecule has 2 aliphatic rings. The van der Waals surface area contributed by atoms with Gasteiger partial charge in [-0.25, -0.2) is 4.99 Å². The topological polar surface area (TPSA) is 135 Å². The van der Waals surface area contributed by atoms with E-state index in [9.17, 15) is 0 Å². The van der Waals surface area contributed by atoms with E-state index in [2.05, 4.69) is 32.9 Å². The molecule has 0 amide bonds. The van der Waals surface area contributed by atoms with Gasteiger partial charge in [0.15, 0.2) is 0 Å². The van der Waals surface area contributed by atoms with Crippen molar-refractivity contribution < 1.29 is 0 Å². The second-order valence-corrected chi connectivity index (χ2v) is 8.10. The van der Waals surface area contributed by atoms with Crippen LogP contribution in [0.4, 0.5) is 0 Å². The fraction of sp³-hybridized carbons (Fsp3) is 0.280. The number of nitrogens with two attached hydrogens (primary N) is 1. The van der Waals surface area contributed by atoms with E-state index in [1.807, 2.05) is 50.4 Å². The van der Waals surface area contributed by atoms with Crippen molar-refractivity contribution in [2.24, 2.45) is 22.6 Å². The third-order valence-corrected chi connectivity index (χ3v) is 5.39. The van der Waals surface area contributed by atoms with Crippen LogP contribution >= 0.6 is 0 Å². The highest BCUT2D eigenvalue weighted by Crippen LogP contribution is 2.25. The average molecular weight is 445 g/mol. The number of dihydropyridines is 2. The number of pyridine rings is 1. The molecule has 0 aliphatic carbocycles. The van der Waals surface area contributed by atoms with E-state index >= 15 is 0 Å². The van der Waals surface area contributed by atoms with E-state index in [0.29, 0.717) is 23.9 Å². The normalized spacial score (nSPS) is 17.0. The Morgan fingerprint density at radius 2 is 2.12 bits per heavy atom. The monoisotopic (exact) mass is 444 g/mol. The summed E-state index contributed by atoms with van der Waals surface area (Å²) in [5.74, 6) is 0.990. The lowest BCUT2D eigenvalue weighted by molar-refractivity contribution is 0.651. The van der Waals surface area contributed by atoms with Crippen LogP contribution in [0.25, 0.3) is 0 Å². The third kappa shape index (κ3) is 6.14. The highest BCUT2D eigenvalue weighted by molar-refractivity contribution is 6.02. The number of hydrogen-bond donors (Lipinski definition) is 6. The fourth-order valence-corrected chi connectivity index (χ4v) is 3.49. The molecule has 1 unspecified atom stereocenters. The standard InChI is InChI=1S/C25H32N8/c1-4-29-15-20(25(28)17-6-5-9-30-13-17)19-10-22-21(31-14-19)7-8-24(32-22)33-23(27)11-18(12-26)16(2)3/h5-14,16,20,26,28-29,31-32H,4,15H2,1-3H3,(H2,27,33). The van der Waals surface area contributed by atoms with Crippen molar-refractivity contribution in [2.45, 2.75) is 20.8 Å². The molecule has 3 heterocycles. The predicted octanol–water partition coefficient (Wildman–Crippen LogP) is 2.96. The summed E-state index contributed by atoms with van der Waals surface area (Å²) in [6, 6.07) is 3.76. The molecule has 0 saturated heterocycles. The minimum atomic E-state index is -0.149. The lowest BCUT2D eigenvalue weighted by Gasteiger charge is -2.27. The summed E-state index contributed by atoms with van der Waals surface area (Å²) in [4.78, 5) is 8.64. The van der Waals surface area contributed by atoms with E-state index in [1.165, 1.54) is 6.21 Å². The number of fused-ring (bicyclic) bond motifs is 1. The number of nitrogens with zero attached hydrogens (tertiary/aromatic N) is 2. The summed E-state index contributed by atoms with van der Waals surface area (Å²) in [7, 11) is 0. The number of hydrogen-bond acceptors (Lipinski definition) is 7. The molecular formula is C25H32N8. The number of aliphatic imine (C=N–C) groups is 1. The fourth-order valence-electron chi connectivity index (χ4n) is 3.49. The molecule has 0 spiro atoms. The first kappa shape index (κ1) is 23.9. The van der Waals surface area contributed by atoms with Gasteiger partial charge in [-0.1, -0.05) is 26.8 Å². The van der Waals surface area contributed by atoms with E-state index in [4.69, 9.17) is 16.6 Å². The summed E-state index contributed by atoms with van der Waals surface area (Å²) in [6.07, 6.45) is 14.2. The lowest BCUT2D eigenvalue weighted by Crippen LogP contribution is -2.33. The first-order valence-corrected chi connectivity index (χ1v) is 11.1. The van der Waals surface area contributed by atoms with E-state index < -0.39 is 0 Å². The van der Waals surface area contributed by atoms with Gasteiger partial charge in [0.25, 0.3) is 0 Å². The Morgan fingerprint density at radius 1 is 1.30 bits per heavy atom. The molecule has 2 aliphatic heterocycles. The Kier molecular flexibility index (Phi) is 8.10. The maximum atomic E-state index is 8.80. The predicted molar refractivity (Wildman–Crippen MR) is 135 cm³/mol. The number of aromatic nitrogens is 1. The molecule has 172 valence electrons. The lowest BCUT2D eigenvalue weighted by atomic mass is 9.88. The van der Waals surface area contributed by atoms with Gasteiger partial charge in [0.1, 0.15) is 11.7 Å². The van der Waals surface area contributed by atoms with Gasteiger partial charge in [-0.05, 0) is 54.0 Å². The minimum absolute atomic E-state index is 0.149. The van der Waals surface area contributed by atoms with Crippen molar-refractivity contribution in [1.29, 1.82) is 10.8 Å². The van der Waals surface area contributed by atoms with Gasteiger partial charge in [-0.15, -0.1) is 0 Å². The Hall–Kier alpha value is -3.78. The van der Waals surface area contributed by atoms with E-state index in [0.717, 1.165) is 34.6 Å². The summed E-state index contributed by atoms with van der Waals surface area (Å²) in [5.41, 5.74) is 11.0. The van der Waals surface area contributed by atoms with Gasteiger partial charge in [0.05, 0.1) is 11.4 Å². The van der Waals surface area contributed by atoms with Crippen LogP contribution in [0.2, 0.25) is 0 Å². The SMILES string of the molecule is CCNCC(C(=N)c1cccnc1)C1=CNC2=CC=C(N=C(N)C=C(C=N)C(C)C)NC2=C1. The summed E-state index contributed by atoms with van der Waals surface area (Å²) in [5, 5.41) is 26.3. The first-order chi connectivity index (χ1) is 15.9. The zero-order chi connectivity index (χ0) is 23.8. The highest BCUT2D eigenvalue weighted by atomic mass is 15.1.